The Balaban J connectivity index is 1.60. The van der Waals surface area contributed by atoms with Crippen molar-refractivity contribution in [1.29, 1.82) is 0 Å². The molecule has 0 unspecified atom stereocenters. The second kappa shape index (κ2) is 8.34. The fourth-order valence-electron chi connectivity index (χ4n) is 3.09. The molecule has 0 amide bonds. The normalized spacial score (nSPS) is 11.4. The molecule has 0 aliphatic heterocycles. The van der Waals surface area contributed by atoms with Crippen LogP contribution in [0, 0.1) is 0 Å². The molecule has 0 saturated carbocycles. The molecule has 24 heavy (non-hydrogen) atoms. The zero-order valence-corrected chi connectivity index (χ0v) is 15.0. The summed E-state index contributed by atoms with van der Waals surface area (Å²) < 4.78 is 0. The summed E-state index contributed by atoms with van der Waals surface area (Å²) in [7, 11) is 0. The lowest BCUT2D eigenvalue weighted by Crippen LogP contribution is -2.04. The molecule has 0 aliphatic rings. The molecule has 0 atom stereocenters. The molecule has 1 aromatic carbocycles. The third-order valence-electron chi connectivity index (χ3n) is 4.42. The average Bonchev–Trinajstić information content (AvgIpc) is 2.96. The number of unbranched alkanes of at least 4 members (excludes halogenated alkanes) is 6. The van der Waals surface area contributed by atoms with Crippen LogP contribution in [0.3, 0.4) is 0 Å². The number of rotatable bonds is 9. The number of anilines is 1. The van der Waals surface area contributed by atoms with Gasteiger partial charge in [0.25, 0.3) is 0 Å². The molecule has 3 rings (SSSR count). The zero-order chi connectivity index (χ0) is 16.8. The molecule has 0 spiro atoms. The summed E-state index contributed by atoms with van der Waals surface area (Å²) in [5, 5.41) is 5.21. The molecular formula is C19H25ClN4. The van der Waals surface area contributed by atoms with E-state index < -0.39 is 0 Å². The highest BCUT2D eigenvalue weighted by molar-refractivity contribution is 6.31. The maximum absolute atomic E-state index is 6.11. The van der Waals surface area contributed by atoms with E-state index in [1.165, 1.54) is 44.9 Å². The predicted molar refractivity (Wildman–Crippen MR) is 103 cm³/mol. The lowest BCUT2D eigenvalue weighted by molar-refractivity contribution is 0.596. The van der Waals surface area contributed by atoms with Crippen LogP contribution in [0.4, 0.5) is 5.82 Å². The van der Waals surface area contributed by atoms with Gasteiger partial charge in [0, 0.05) is 22.5 Å². The number of H-pyrrole nitrogens is 1. The van der Waals surface area contributed by atoms with Crippen molar-refractivity contribution in [2.75, 3.05) is 11.9 Å². The van der Waals surface area contributed by atoms with E-state index in [0.29, 0.717) is 0 Å². The van der Waals surface area contributed by atoms with Gasteiger partial charge in [0.1, 0.15) is 17.4 Å². The van der Waals surface area contributed by atoms with Crippen LogP contribution in [-0.4, -0.2) is 21.5 Å². The Morgan fingerprint density at radius 2 is 1.83 bits per heavy atom. The Kier molecular flexibility index (Phi) is 5.91. The van der Waals surface area contributed by atoms with E-state index in [1.54, 1.807) is 6.33 Å². The van der Waals surface area contributed by atoms with Crippen LogP contribution in [-0.2, 0) is 0 Å². The highest BCUT2D eigenvalue weighted by Crippen LogP contribution is 2.29. The van der Waals surface area contributed by atoms with Gasteiger partial charge in [-0.15, -0.1) is 0 Å². The van der Waals surface area contributed by atoms with E-state index >= 15 is 0 Å². The smallest absolute Gasteiger partial charge is 0.153 e. The van der Waals surface area contributed by atoms with Crippen molar-refractivity contribution in [3.8, 4) is 0 Å². The summed E-state index contributed by atoms with van der Waals surface area (Å²) >= 11 is 6.11. The van der Waals surface area contributed by atoms with Gasteiger partial charge in [0.05, 0.1) is 0 Å². The Morgan fingerprint density at radius 1 is 1.04 bits per heavy atom. The van der Waals surface area contributed by atoms with E-state index in [4.69, 9.17) is 11.6 Å². The Bertz CT molecular complexity index is 797. The van der Waals surface area contributed by atoms with E-state index in [1.807, 2.05) is 18.2 Å². The first-order valence-corrected chi connectivity index (χ1v) is 9.33. The molecule has 128 valence electrons. The van der Waals surface area contributed by atoms with Crippen LogP contribution in [0.1, 0.15) is 51.9 Å². The average molecular weight is 345 g/mol. The van der Waals surface area contributed by atoms with Gasteiger partial charge in [0.15, 0.2) is 5.82 Å². The lowest BCUT2D eigenvalue weighted by Gasteiger charge is -2.06. The summed E-state index contributed by atoms with van der Waals surface area (Å²) in [6, 6.07) is 5.82. The Labute approximate surface area is 148 Å². The molecular weight excluding hydrogens is 320 g/mol. The van der Waals surface area contributed by atoms with Crippen molar-refractivity contribution in [3.05, 3.63) is 29.5 Å². The van der Waals surface area contributed by atoms with Gasteiger partial charge < -0.3 is 10.3 Å². The number of nitrogens with one attached hydrogen (secondary N) is 2. The minimum absolute atomic E-state index is 0.722. The predicted octanol–water partition coefficient (Wildman–Crippen LogP) is 5.93. The minimum atomic E-state index is 0.722. The Hall–Kier alpha value is -1.81. The largest absolute Gasteiger partial charge is 0.368 e. The maximum Gasteiger partial charge on any atom is 0.153 e. The fourth-order valence-corrected chi connectivity index (χ4v) is 3.26. The number of halogens is 1. The molecule has 0 aliphatic carbocycles. The maximum atomic E-state index is 6.11. The van der Waals surface area contributed by atoms with Gasteiger partial charge in [-0.25, -0.2) is 9.97 Å². The quantitative estimate of drug-likeness (QED) is 0.473. The van der Waals surface area contributed by atoms with Crippen molar-refractivity contribution < 1.29 is 0 Å². The summed E-state index contributed by atoms with van der Waals surface area (Å²) in [5.41, 5.74) is 2.91. The second-order valence-corrected chi connectivity index (χ2v) is 6.75. The molecule has 0 fully saturated rings. The summed E-state index contributed by atoms with van der Waals surface area (Å²) in [4.78, 5) is 12.2. The van der Waals surface area contributed by atoms with Gasteiger partial charge in [0.2, 0.25) is 0 Å². The van der Waals surface area contributed by atoms with Crippen molar-refractivity contribution in [3.63, 3.8) is 0 Å². The van der Waals surface area contributed by atoms with Crippen molar-refractivity contribution in [2.45, 2.75) is 51.9 Å². The number of hydrogen-bond acceptors (Lipinski definition) is 3. The van der Waals surface area contributed by atoms with Crippen LogP contribution in [0.5, 0.6) is 0 Å². The molecule has 0 saturated heterocycles. The molecule has 0 bridgehead atoms. The van der Waals surface area contributed by atoms with Crippen LogP contribution >= 0.6 is 11.6 Å². The van der Waals surface area contributed by atoms with Gasteiger partial charge in [-0.2, -0.15) is 0 Å². The fraction of sp³-hybridized carbons (Fsp3) is 0.474. The first-order valence-electron chi connectivity index (χ1n) is 8.95. The first-order chi connectivity index (χ1) is 11.8. The number of fused-ring (bicyclic) bond motifs is 3. The van der Waals surface area contributed by atoms with E-state index in [9.17, 15) is 0 Å². The molecule has 2 heterocycles. The SMILES string of the molecule is CCCCCCCCCNc1ncnc2c1[nH]c1ccc(Cl)cc12. The van der Waals surface area contributed by atoms with E-state index in [-0.39, 0.29) is 0 Å². The van der Waals surface area contributed by atoms with Gasteiger partial charge in [-0.3, -0.25) is 0 Å². The highest BCUT2D eigenvalue weighted by atomic mass is 35.5. The first kappa shape index (κ1) is 17.0. The van der Waals surface area contributed by atoms with Gasteiger partial charge in [-0.05, 0) is 24.6 Å². The number of nitrogens with zero attached hydrogens (tertiary/aromatic N) is 2. The van der Waals surface area contributed by atoms with Crippen LogP contribution in [0.15, 0.2) is 24.5 Å². The van der Waals surface area contributed by atoms with Crippen LogP contribution in [0.2, 0.25) is 5.02 Å². The molecule has 0 radical (unpaired) electrons. The molecule has 5 heteroatoms. The molecule has 4 nitrogen and oxygen atoms in total. The van der Waals surface area contributed by atoms with Crippen molar-refractivity contribution >= 4 is 39.4 Å². The summed E-state index contributed by atoms with van der Waals surface area (Å²) in [6.45, 7) is 3.19. The number of aromatic amines is 1. The van der Waals surface area contributed by atoms with Crippen molar-refractivity contribution in [2.24, 2.45) is 0 Å². The third-order valence-corrected chi connectivity index (χ3v) is 4.65. The topological polar surface area (TPSA) is 53.6 Å². The van der Waals surface area contributed by atoms with Crippen LogP contribution < -0.4 is 5.32 Å². The lowest BCUT2D eigenvalue weighted by atomic mass is 10.1. The van der Waals surface area contributed by atoms with Gasteiger partial charge in [-0.1, -0.05) is 57.0 Å². The third kappa shape index (κ3) is 3.99. The second-order valence-electron chi connectivity index (χ2n) is 6.31. The summed E-state index contributed by atoms with van der Waals surface area (Å²) in [5.74, 6) is 0.873. The monoisotopic (exact) mass is 344 g/mol. The standard InChI is InChI=1S/C19H25ClN4/c1-2-3-4-5-6-7-8-11-21-19-18-17(22-13-23-19)15-12-14(20)9-10-16(15)24-18/h9-10,12-13,24H,2-8,11H2,1H3,(H,21,22,23). The van der Waals surface area contributed by atoms with Crippen molar-refractivity contribution in [1.82, 2.24) is 15.0 Å². The number of aromatic nitrogens is 3. The van der Waals surface area contributed by atoms with E-state index in [0.717, 1.165) is 39.3 Å². The van der Waals surface area contributed by atoms with Gasteiger partial charge >= 0.3 is 0 Å². The Morgan fingerprint density at radius 3 is 2.67 bits per heavy atom. The number of benzene rings is 1. The number of hydrogen-bond donors (Lipinski definition) is 2. The summed E-state index contributed by atoms with van der Waals surface area (Å²) in [6.07, 6.45) is 10.8. The highest BCUT2D eigenvalue weighted by Gasteiger charge is 2.10. The minimum Gasteiger partial charge on any atom is -0.368 e. The zero-order valence-electron chi connectivity index (χ0n) is 14.2. The molecule has 2 aromatic heterocycles. The molecule has 3 aromatic rings. The van der Waals surface area contributed by atoms with Crippen LogP contribution in [0.25, 0.3) is 21.9 Å². The molecule has 2 N–H and O–H groups in total. The van der Waals surface area contributed by atoms with E-state index in [2.05, 4.69) is 27.2 Å².